The van der Waals surface area contributed by atoms with Gasteiger partial charge in [0.15, 0.2) is 0 Å². The van der Waals surface area contributed by atoms with Gasteiger partial charge in [-0.15, -0.1) is 0 Å². The monoisotopic (exact) mass is 688 g/mol. The molecule has 5 aliphatic rings. The molecule has 0 aromatic heterocycles. The Morgan fingerprint density at radius 2 is 1.74 bits per heavy atom. The summed E-state index contributed by atoms with van der Waals surface area (Å²) in [5.41, 5.74) is 4.03. The van der Waals surface area contributed by atoms with Crippen LogP contribution in [0.15, 0.2) is 54.6 Å². The second kappa shape index (κ2) is 16.1. The van der Waals surface area contributed by atoms with E-state index in [0.29, 0.717) is 41.7 Å². The van der Waals surface area contributed by atoms with E-state index in [-0.39, 0.29) is 18.6 Å². The lowest BCUT2D eigenvalue weighted by atomic mass is 9.45. The van der Waals surface area contributed by atoms with Crippen LogP contribution >= 0.6 is 0 Å². The summed E-state index contributed by atoms with van der Waals surface area (Å²) in [6, 6.07) is 19.6. The molecule has 2 bridgehead atoms. The van der Waals surface area contributed by atoms with Gasteiger partial charge >= 0.3 is 0 Å². The van der Waals surface area contributed by atoms with Crippen LogP contribution in [0.4, 0.5) is 0 Å². The SMILES string of the molecule is C[C@@H]1[C@@H](NC(=O)[C@@H]2[C@H]([C@H](C)O)[C@H](CO)ON2Cc2cccc(CN(CCN(C)C)[C@@H](c3ccccc3)C3CCCCC3)c2)C[C@H]2C[C@@H]1C2(C)C. The van der Waals surface area contributed by atoms with Crippen LogP contribution in [0.2, 0.25) is 0 Å². The molecular weight excluding hydrogens is 624 g/mol. The highest BCUT2D eigenvalue weighted by Gasteiger charge is 2.57. The normalized spacial score (nSPS) is 31.0. The number of aliphatic hydroxyl groups is 2. The molecule has 4 aliphatic carbocycles. The maximum Gasteiger partial charge on any atom is 0.240 e. The van der Waals surface area contributed by atoms with Crippen molar-refractivity contribution < 1.29 is 19.8 Å². The topological polar surface area (TPSA) is 88.5 Å². The molecule has 2 aromatic carbocycles. The van der Waals surface area contributed by atoms with Crippen LogP contribution in [0.5, 0.6) is 0 Å². The van der Waals surface area contributed by atoms with Crippen LogP contribution in [-0.2, 0) is 22.7 Å². The summed E-state index contributed by atoms with van der Waals surface area (Å²) in [5.74, 6) is 1.63. The third-order valence-electron chi connectivity index (χ3n) is 13.2. The first-order valence-corrected chi connectivity index (χ1v) is 19.5. The quantitative estimate of drug-likeness (QED) is 0.223. The van der Waals surface area contributed by atoms with Gasteiger partial charge in [-0.2, -0.15) is 5.06 Å². The van der Waals surface area contributed by atoms with Gasteiger partial charge in [0, 0.05) is 37.6 Å². The fourth-order valence-corrected chi connectivity index (χ4v) is 10.3. The van der Waals surface area contributed by atoms with Gasteiger partial charge in [-0.1, -0.05) is 94.6 Å². The predicted molar refractivity (Wildman–Crippen MR) is 199 cm³/mol. The Balaban J connectivity index is 1.22. The van der Waals surface area contributed by atoms with E-state index in [1.807, 2.05) is 0 Å². The third kappa shape index (κ3) is 8.01. The van der Waals surface area contributed by atoms with Crippen molar-refractivity contribution in [2.45, 2.75) is 116 Å². The molecule has 4 saturated carbocycles. The molecule has 9 atom stereocenters. The van der Waals surface area contributed by atoms with Crippen LogP contribution in [0.3, 0.4) is 0 Å². The maximum absolute atomic E-state index is 14.2. The lowest BCUT2D eigenvalue weighted by Gasteiger charge is -2.62. The summed E-state index contributed by atoms with van der Waals surface area (Å²) in [5, 5.41) is 26.4. The number of benzene rings is 2. The first kappa shape index (κ1) is 37.4. The van der Waals surface area contributed by atoms with E-state index in [1.54, 1.807) is 12.0 Å². The average Bonchev–Trinajstić information content (AvgIpc) is 3.47. The number of amides is 1. The minimum Gasteiger partial charge on any atom is -0.394 e. The molecule has 8 nitrogen and oxygen atoms in total. The summed E-state index contributed by atoms with van der Waals surface area (Å²) in [6.45, 7) is 11.7. The Bertz CT molecular complexity index is 1400. The highest BCUT2D eigenvalue weighted by molar-refractivity contribution is 5.82. The molecular formula is C42H64N4O4. The highest BCUT2D eigenvalue weighted by Crippen LogP contribution is 2.61. The largest absolute Gasteiger partial charge is 0.394 e. The number of fused-ring (bicyclic) bond motifs is 2. The standard InChI is InChI=1S/C42H64N4O4/c1-28-35-23-34(42(35,3)4)24-36(28)43-41(49)40-38(29(2)48)37(27-47)50-46(40)26-31-15-13-14-30(22-31)25-45(21-20-44(5)6)39(32-16-9-7-10-17-32)33-18-11-8-12-19-33/h7,9-10,13-17,22,28-29,33-40,47-48H,8,11-12,18-21,23-27H2,1-6H3,(H,43,49)/t28-,29-,34+,35-,36-,37-,38+,39-,40-/m0/s1. The van der Waals surface area contributed by atoms with Gasteiger partial charge < -0.3 is 20.4 Å². The molecule has 2 aromatic rings. The zero-order valence-electron chi connectivity index (χ0n) is 31.5. The van der Waals surface area contributed by atoms with E-state index in [1.165, 1.54) is 49.7 Å². The fraction of sp³-hybridized carbons (Fsp3) is 0.690. The van der Waals surface area contributed by atoms with Crippen LogP contribution in [-0.4, -0.2) is 89.1 Å². The van der Waals surface area contributed by atoms with Gasteiger partial charge in [0.05, 0.1) is 19.3 Å². The number of likely N-dealkylation sites (N-methyl/N-ethyl adjacent to an activating group) is 1. The third-order valence-corrected chi connectivity index (χ3v) is 13.2. The second-order valence-electron chi connectivity index (χ2n) is 17.1. The smallest absolute Gasteiger partial charge is 0.240 e. The number of rotatable bonds is 14. The molecule has 1 aliphatic heterocycles. The summed E-state index contributed by atoms with van der Waals surface area (Å²) < 4.78 is 0. The number of carbonyl (C=O) groups excluding carboxylic acids is 1. The van der Waals surface area contributed by atoms with Crippen molar-refractivity contribution in [3.05, 3.63) is 71.3 Å². The molecule has 276 valence electrons. The number of aliphatic hydroxyl groups excluding tert-OH is 2. The van der Waals surface area contributed by atoms with Crippen molar-refractivity contribution in [2.75, 3.05) is 33.8 Å². The molecule has 8 heteroatoms. The van der Waals surface area contributed by atoms with E-state index >= 15 is 0 Å². The van der Waals surface area contributed by atoms with E-state index in [9.17, 15) is 15.0 Å². The summed E-state index contributed by atoms with van der Waals surface area (Å²) in [7, 11) is 4.30. The predicted octanol–water partition coefficient (Wildman–Crippen LogP) is 6.03. The number of carbonyl (C=O) groups is 1. The molecule has 1 saturated heterocycles. The first-order valence-electron chi connectivity index (χ1n) is 19.5. The second-order valence-corrected chi connectivity index (χ2v) is 17.1. The number of nitrogens with zero attached hydrogens (tertiary/aromatic N) is 3. The summed E-state index contributed by atoms with van der Waals surface area (Å²) in [6.07, 6.45) is 7.26. The molecule has 0 radical (unpaired) electrons. The minimum atomic E-state index is -0.810. The van der Waals surface area contributed by atoms with Gasteiger partial charge in [-0.25, -0.2) is 0 Å². The Morgan fingerprint density at radius 1 is 1.02 bits per heavy atom. The Kier molecular flexibility index (Phi) is 12.1. The molecule has 0 spiro atoms. The van der Waals surface area contributed by atoms with Crippen LogP contribution in [0.1, 0.15) is 95.4 Å². The van der Waals surface area contributed by atoms with Crippen molar-refractivity contribution in [3.63, 3.8) is 0 Å². The van der Waals surface area contributed by atoms with Crippen LogP contribution in [0, 0.1) is 35.0 Å². The van der Waals surface area contributed by atoms with Gasteiger partial charge in [-0.05, 0) is 92.5 Å². The Labute approximate surface area is 301 Å². The van der Waals surface area contributed by atoms with Crippen molar-refractivity contribution in [1.29, 1.82) is 0 Å². The summed E-state index contributed by atoms with van der Waals surface area (Å²) >= 11 is 0. The molecule has 1 heterocycles. The summed E-state index contributed by atoms with van der Waals surface area (Å²) in [4.78, 5) is 25.5. The van der Waals surface area contributed by atoms with E-state index < -0.39 is 24.2 Å². The number of nitrogens with one attached hydrogen (secondary N) is 1. The maximum atomic E-state index is 14.2. The van der Waals surface area contributed by atoms with Gasteiger partial charge in [0.2, 0.25) is 5.91 Å². The average molecular weight is 689 g/mol. The zero-order chi connectivity index (χ0) is 35.6. The minimum absolute atomic E-state index is 0.105. The first-order chi connectivity index (χ1) is 24.0. The number of hydrogen-bond donors (Lipinski definition) is 3. The molecule has 7 rings (SSSR count). The lowest BCUT2D eigenvalue weighted by Crippen LogP contribution is -2.62. The molecule has 3 N–H and O–H groups in total. The van der Waals surface area contributed by atoms with Gasteiger partial charge in [0.25, 0.3) is 0 Å². The van der Waals surface area contributed by atoms with E-state index in [0.717, 1.165) is 31.6 Å². The zero-order valence-corrected chi connectivity index (χ0v) is 31.5. The fourth-order valence-electron chi connectivity index (χ4n) is 10.3. The highest BCUT2D eigenvalue weighted by atomic mass is 16.7. The number of hydrogen-bond acceptors (Lipinski definition) is 7. The van der Waals surface area contributed by atoms with E-state index in [2.05, 4.69) is 105 Å². The Hall–Kier alpha value is -2.33. The number of hydroxylamine groups is 2. The van der Waals surface area contributed by atoms with Gasteiger partial charge in [0.1, 0.15) is 12.1 Å². The van der Waals surface area contributed by atoms with Crippen molar-refractivity contribution in [2.24, 2.45) is 35.0 Å². The van der Waals surface area contributed by atoms with Crippen molar-refractivity contribution >= 4 is 5.91 Å². The van der Waals surface area contributed by atoms with Crippen molar-refractivity contribution in [1.82, 2.24) is 20.2 Å². The molecule has 50 heavy (non-hydrogen) atoms. The Morgan fingerprint density at radius 3 is 2.38 bits per heavy atom. The molecule has 0 unspecified atom stereocenters. The van der Waals surface area contributed by atoms with Crippen molar-refractivity contribution in [3.8, 4) is 0 Å². The molecule has 1 amide bonds. The van der Waals surface area contributed by atoms with Crippen LogP contribution in [0.25, 0.3) is 0 Å². The lowest BCUT2D eigenvalue weighted by molar-refractivity contribution is -0.183. The van der Waals surface area contributed by atoms with Crippen LogP contribution < -0.4 is 5.32 Å². The van der Waals surface area contributed by atoms with E-state index in [4.69, 9.17) is 4.84 Å². The molecule has 5 fully saturated rings. The van der Waals surface area contributed by atoms with Gasteiger partial charge in [-0.3, -0.25) is 14.5 Å².